The summed E-state index contributed by atoms with van der Waals surface area (Å²) in [5.41, 5.74) is 5.86. The molecule has 1 aromatic carbocycles. The molecular weight excluding hydrogens is 458 g/mol. The Kier molecular flexibility index (Phi) is 10.9. The maximum absolute atomic E-state index is 12.3. The molecule has 1 fully saturated rings. The van der Waals surface area contributed by atoms with Gasteiger partial charge in [-0.3, -0.25) is 19.2 Å². The summed E-state index contributed by atoms with van der Waals surface area (Å²) in [4.78, 5) is 59.1. The summed E-state index contributed by atoms with van der Waals surface area (Å²) in [6.45, 7) is 1.10. The Morgan fingerprint density at radius 1 is 1.09 bits per heavy atom. The SMILES string of the molecule is C[C@H](NC(=O)CO[C@@H]1CCCC[C@H]1NC(=O)Nc1ccccc1)C(=O)N[C@H](CCC(=O)O)C(N)=O. The molecule has 0 radical (unpaired) electrons. The minimum Gasteiger partial charge on any atom is -0.481 e. The van der Waals surface area contributed by atoms with Crippen LogP contribution in [0.2, 0.25) is 0 Å². The molecule has 0 bridgehead atoms. The molecule has 1 aliphatic carbocycles. The molecule has 0 spiro atoms. The zero-order valence-electron chi connectivity index (χ0n) is 19.6. The van der Waals surface area contributed by atoms with Crippen molar-refractivity contribution in [3.05, 3.63) is 30.3 Å². The third-order valence-electron chi connectivity index (χ3n) is 5.56. The number of carboxylic acid groups (broad SMARTS) is 1. The van der Waals surface area contributed by atoms with E-state index in [1.165, 1.54) is 6.92 Å². The fourth-order valence-electron chi connectivity index (χ4n) is 3.70. The van der Waals surface area contributed by atoms with Crippen LogP contribution in [0.5, 0.6) is 0 Å². The van der Waals surface area contributed by atoms with Gasteiger partial charge in [-0.15, -0.1) is 0 Å². The van der Waals surface area contributed by atoms with Gasteiger partial charge in [-0.05, 0) is 38.3 Å². The number of nitrogens with one attached hydrogen (secondary N) is 4. The van der Waals surface area contributed by atoms with E-state index in [1.807, 2.05) is 18.2 Å². The Bertz CT molecular complexity index is 896. The number of anilines is 1. The zero-order valence-corrected chi connectivity index (χ0v) is 19.6. The van der Waals surface area contributed by atoms with Gasteiger partial charge < -0.3 is 36.8 Å². The number of aliphatic carboxylic acids is 1. The molecule has 0 saturated heterocycles. The van der Waals surface area contributed by atoms with E-state index in [0.29, 0.717) is 18.5 Å². The van der Waals surface area contributed by atoms with E-state index in [2.05, 4.69) is 21.3 Å². The van der Waals surface area contributed by atoms with Crippen molar-refractivity contribution in [1.82, 2.24) is 16.0 Å². The molecule has 0 aliphatic heterocycles. The Hall–Kier alpha value is -3.67. The van der Waals surface area contributed by atoms with Crippen molar-refractivity contribution in [2.45, 2.75) is 69.7 Å². The first-order chi connectivity index (χ1) is 16.7. The summed E-state index contributed by atoms with van der Waals surface area (Å²) < 4.78 is 5.75. The molecule has 12 nitrogen and oxygen atoms in total. The first-order valence-corrected chi connectivity index (χ1v) is 11.5. The summed E-state index contributed by atoms with van der Waals surface area (Å²) in [6, 6.07) is 6.21. The lowest BCUT2D eigenvalue weighted by molar-refractivity contribution is -0.137. The number of para-hydroxylation sites is 1. The number of amides is 5. The molecule has 35 heavy (non-hydrogen) atoms. The molecule has 5 amide bonds. The Morgan fingerprint density at radius 3 is 2.43 bits per heavy atom. The van der Waals surface area contributed by atoms with Gasteiger partial charge in [0.25, 0.3) is 0 Å². The second-order valence-corrected chi connectivity index (χ2v) is 8.39. The summed E-state index contributed by atoms with van der Waals surface area (Å²) >= 11 is 0. The van der Waals surface area contributed by atoms with Gasteiger partial charge >= 0.3 is 12.0 Å². The second-order valence-electron chi connectivity index (χ2n) is 8.39. The molecule has 1 aromatic rings. The van der Waals surface area contributed by atoms with E-state index in [1.54, 1.807) is 12.1 Å². The highest BCUT2D eigenvalue weighted by atomic mass is 16.5. The first-order valence-electron chi connectivity index (χ1n) is 11.5. The standard InChI is InChI=1S/C23H33N5O7/c1-14(22(33)27-17(21(24)32)11-12-20(30)31)25-19(29)13-35-18-10-6-5-9-16(18)28-23(34)26-15-7-3-2-4-8-15/h2-4,7-8,14,16-18H,5-6,9-13H2,1H3,(H2,24,32)(H,25,29)(H,27,33)(H,30,31)(H2,26,28,34)/t14-,16+,17+,18+/m0/s1. The van der Waals surface area contributed by atoms with Gasteiger partial charge in [0.1, 0.15) is 18.7 Å². The quantitative estimate of drug-likeness (QED) is 0.245. The maximum Gasteiger partial charge on any atom is 0.319 e. The van der Waals surface area contributed by atoms with E-state index in [0.717, 1.165) is 12.8 Å². The van der Waals surface area contributed by atoms with Crippen molar-refractivity contribution < 1.29 is 33.8 Å². The normalized spacial score (nSPS) is 19.0. The lowest BCUT2D eigenvalue weighted by Crippen LogP contribution is -2.53. The predicted molar refractivity (Wildman–Crippen MR) is 126 cm³/mol. The van der Waals surface area contributed by atoms with Crippen LogP contribution >= 0.6 is 0 Å². The maximum atomic E-state index is 12.3. The fraction of sp³-hybridized carbons (Fsp3) is 0.522. The van der Waals surface area contributed by atoms with Crippen LogP contribution in [-0.4, -0.2) is 65.7 Å². The molecular formula is C23H33N5O7. The summed E-state index contributed by atoms with van der Waals surface area (Å²) in [5.74, 6) is -3.22. The Balaban J connectivity index is 1.80. The van der Waals surface area contributed by atoms with Gasteiger partial charge in [0, 0.05) is 12.1 Å². The van der Waals surface area contributed by atoms with Gasteiger partial charge in [0.05, 0.1) is 12.1 Å². The average molecular weight is 492 g/mol. The number of urea groups is 1. The fourth-order valence-corrected chi connectivity index (χ4v) is 3.70. The van der Waals surface area contributed by atoms with Crippen LogP contribution in [0, 0.1) is 0 Å². The summed E-state index contributed by atoms with van der Waals surface area (Å²) in [5, 5.41) is 19.2. The Morgan fingerprint density at radius 2 is 1.77 bits per heavy atom. The van der Waals surface area contributed by atoms with E-state index >= 15 is 0 Å². The Labute approximate surface area is 203 Å². The van der Waals surface area contributed by atoms with Crippen LogP contribution in [0.15, 0.2) is 30.3 Å². The number of carbonyl (C=O) groups excluding carboxylic acids is 4. The van der Waals surface area contributed by atoms with Crippen molar-refractivity contribution >= 4 is 35.4 Å². The summed E-state index contributed by atoms with van der Waals surface area (Å²) in [6.07, 6.45) is 2.32. The molecule has 0 aromatic heterocycles. The van der Waals surface area contributed by atoms with Crippen molar-refractivity contribution in [2.24, 2.45) is 5.73 Å². The highest BCUT2D eigenvalue weighted by Crippen LogP contribution is 2.21. The number of carboxylic acids is 1. The average Bonchev–Trinajstić information content (AvgIpc) is 2.81. The van der Waals surface area contributed by atoms with E-state index in [9.17, 15) is 24.0 Å². The topological polar surface area (TPSA) is 189 Å². The van der Waals surface area contributed by atoms with Crippen molar-refractivity contribution in [2.75, 3.05) is 11.9 Å². The molecule has 0 unspecified atom stereocenters. The lowest BCUT2D eigenvalue weighted by atomic mass is 9.92. The highest BCUT2D eigenvalue weighted by Gasteiger charge is 2.29. The molecule has 12 heteroatoms. The third kappa shape index (κ3) is 10.0. The van der Waals surface area contributed by atoms with Crippen LogP contribution in [-0.2, 0) is 23.9 Å². The minimum absolute atomic E-state index is 0.159. The van der Waals surface area contributed by atoms with E-state index < -0.39 is 35.8 Å². The number of hydrogen-bond donors (Lipinski definition) is 6. The monoisotopic (exact) mass is 491 g/mol. The number of ether oxygens (including phenoxy) is 1. The molecule has 0 heterocycles. The lowest BCUT2D eigenvalue weighted by Gasteiger charge is -2.32. The van der Waals surface area contributed by atoms with Gasteiger partial charge in [0.2, 0.25) is 17.7 Å². The van der Waals surface area contributed by atoms with Gasteiger partial charge in [-0.2, -0.15) is 0 Å². The smallest absolute Gasteiger partial charge is 0.319 e. The number of primary amides is 1. The molecule has 192 valence electrons. The van der Waals surface area contributed by atoms with Crippen LogP contribution in [0.4, 0.5) is 10.5 Å². The second kappa shape index (κ2) is 13.9. The third-order valence-corrected chi connectivity index (χ3v) is 5.56. The largest absolute Gasteiger partial charge is 0.481 e. The number of nitrogens with two attached hydrogens (primary N) is 1. The van der Waals surface area contributed by atoms with Crippen molar-refractivity contribution in [3.63, 3.8) is 0 Å². The minimum atomic E-state index is -1.16. The van der Waals surface area contributed by atoms with Crippen molar-refractivity contribution in [3.8, 4) is 0 Å². The van der Waals surface area contributed by atoms with Crippen LogP contribution in [0.1, 0.15) is 45.4 Å². The molecule has 7 N–H and O–H groups in total. The van der Waals surface area contributed by atoms with E-state index in [4.69, 9.17) is 15.6 Å². The van der Waals surface area contributed by atoms with Crippen LogP contribution in [0.25, 0.3) is 0 Å². The number of rotatable bonds is 12. The molecule has 4 atom stereocenters. The van der Waals surface area contributed by atoms with Gasteiger partial charge in [-0.25, -0.2) is 4.79 Å². The van der Waals surface area contributed by atoms with Gasteiger partial charge in [0.15, 0.2) is 0 Å². The van der Waals surface area contributed by atoms with Crippen LogP contribution in [0.3, 0.4) is 0 Å². The summed E-state index contributed by atoms with van der Waals surface area (Å²) in [7, 11) is 0. The number of carbonyl (C=O) groups is 5. The highest BCUT2D eigenvalue weighted by molar-refractivity contribution is 5.92. The zero-order chi connectivity index (χ0) is 25.8. The number of benzene rings is 1. The molecule has 1 aliphatic rings. The number of hydrogen-bond acceptors (Lipinski definition) is 6. The molecule has 1 saturated carbocycles. The predicted octanol–water partition coefficient (Wildman–Crippen LogP) is 0.476. The van der Waals surface area contributed by atoms with Crippen molar-refractivity contribution in [1.29, 1.82) is 0 Å². The van der Waals surface area contributed by atoms with E-state index in [-0.39, 0.29) is 37.6 Å². The first kappa shape index (κ1) is 27.6. The molecule has 2 rings (SSSR count). The van der Waals surface area contributed by atoms with Gasteiger partial charge in [-0.1, -0.05) is 31.0 Å². The van der Waals surface area contributed by atoms with Crippen LogP contribution < -0.4 is 27.0 Å².